The molecule has 0 aliphatic carbocycles. The Kier molecular flexibility index (Phi) is 10.8. The fourth-order valence-electron chi connectivity index (χ4n) is 3.66. The lowest BCUT2D eigenvalue weighted by Gasteiger charge is -2.23. The summed E-state index contributed by atoms with van der Waals surface area (Å²) in [6, 6.07) is 5.48. The molecule has 0 heterocycles. The molecular formula is C27H45NO4. The van der Waals surface area contributed by atoms with Gasteiger partial charge in [0, 0.05) is 40.2 Å². The summed E-state index contributed by atoms with van der Waals surface area (Å²) in [4.78, 5) is 14.1. The van der Waals surface area contributed by atoms with E-state index < -0.39 is 7.04 Å². The van der Waals surface area contributed by atoms with Crippen molar-refractivity contribution < 1.29 is 23.1 Å². The van der Waals surface area contributed by atoms with Gasteiger partial charge in [-0.15, -0.1) is 0 Å². The Morgan fingerprint density at radius 2 is 1.78 bits per heavy atom. The maximum atomic E-state index is 12.4. The van der Waals surface area contributed by atoms with Crippen LogP contribution in [0, 0.1) is 23.7 Å². The van der Waals surface area contributed by atoms with Crippen molar-refractivity contribution in [3.05, 3.63) is 35.9 Å². The molecule has 0 radical (unpaired) electrons. The Morgan fingerprint density at radius 1 is 1.06 bits per heavy atom. The van der Waals surface area contributed by atoms with E-state index in [4.69, 9.17) is 18.3 Å². The molecule has 0 aliphatic heterocycles. The molecule has 0 spiro atoms. The molecule has 1 rings (SSSR count). The smallest absolute Gasteiger partial charge is 0.225 e. The average Bonchev–Trinajstić information content (AvgIpc) is 2.75. The predicted octanol–water partition coefficient (Wildman–Crippen LogP) is 5.62. The average molecular weight is 451 g/mol. The van der Waals surface area contributed by atoms with E-state index in [-0.39, 0.29) is 23.5 Å². The number of allylic oxidation sites excluding steroid dienone is 2. The van der Waals surface area contributed by atoms with Gasteiger partial charge in [0.05, 0.1) is 17.8 Å². The van der Waals surface area contributed by atoms with Crippen molar-refractivity contribution in [3.8, 4) is 11.5 Å². The molecule has 0 aliphatic rings. The number of nitrogens with zero attached hydrogens (tertiary/aromatic N) is 1. The third-order valence-corrected chi connectivity index (χ3v) is 5.87. The van der Waals surface area contributed by atoms with E-state index in [1.165, 1.54) is 0 Å². The first-order valence-electron chi connectivity index (χ1n) is 13.2. The molecule has 1 unspecified atom stereocenters. The van der Waals surface area contributed by atoms with Gasteiger partial charge in [-0.3, -0.25) is 4.79 Å². The highest BCUT2D eigenvalue weighted by atomic mass is 16.5. The monoisotopic (exact) mass is 450 g/mol. The Balaban J connectivity index is 2.92. The van der Waals surface area contributed by atoms with Crippen LogP contribution in [0.1, 0.15) is 56.6 Å². The van der Waals surface area contributed by atoms with Gasteiger partial charge >= 0.3 is 0 Å². The summed E-state index contributed by atoms with van der Waals surface area (Å²) < 4.78 is 38.4. The molecule has 1 aromatic rings. The zero-order valence-corrected chi connectivity index (χ0v) is 21.0. The second-order valence-corrected chi connectivity index (χ2v) is 9.31. The van der Waals surface area contributed by atoms with E-state index >= 15 is 0 Å². The molecule has 0 saturated heterocycles. The minimum absolute atomic E-state index is 0.0117. The Bertz CT molecular complexity index is 791. The fourth-order valence-corrected chi connectivity index (χ4v) is 3.66. The fraction of sp³-hybridized carbons (Fsp3) is 0.667. The van der Waals surface area contributed by atoms with Crippen LogP contribution in [0.4, 0.5) is 0 Å². The standard InChI is InChI=1S/C27H45NO4/c1-20(2)23(12-9-10-13-24(21(3)4)27(29)28(5)6)18-22-14-15-25(31-8)26(19-22)32-17-11-16-30-7/h9-10,14-15,19-21,23-24H,11-13,16-18H2,1-8H3/t23?,24-/m0/s1/i8D3. The number of carbonyl (C=O) groups is 1. The van der Waals surface area contributed by atoms with Crippen molar-refractivity contribution in [1.82, 2.24) is 4.90 Å². The highest BCUT2D eigenvalue weighted by molar-refractivity contribution is 5.78. The molecule has 0 N–H and O–H groups in total. The molecule has 0 saturated carbocycles. The van der Waals surface area contributed by atoms with Crippen molar-refractivity contribution in [2.24, 2.45) is 23.7 Å². The van der Waals surface area contributed by atoms with Gasteiger partial charge in [-0.2, -0.15) is 0 Å². The van der Waals surface area contributed by atoms with Crippen molar-refractivity contribution in [3.63, 3.8) is 0 Å². The van der Waals surface area contributed by atoms with Crippen LogP contribution >= 0.6 is 0 Å². The van der Waals surface area contributed by atoms with Crippen LogP contribution in [0.15, 0.2) is 30.4 Å². The van der Waals surface area contributed by atoms with Crippen molar-refractivity contribution in [2.75, 3.05) is 41.5 Å². The highest BCUT2D eigenvalue weighted by Gasteiger charge is 2.22. The molecule has 5 nitrogen and oxygen atoms in total. The first-order valence-corrected chi connectivity index (χ1v) is 11.7. The maximum absolute atomic E-state index is 12.4. The lowest BCUT2D eigenvalue weighted by atomic mass is 9.85. The van der Waals surface area contributed by atoms with Crippen LogP contribution in [-0.2, 0) is 16.0 Å². The molecule has 5 heteroatoms. The van der Waals surface area contributed by atoms with Gasteiger partial charge in [-0.05, 0) is 54.7 Å². The van der Waals surface area contributed by atoms with Crippen LogP contribution < -0.4 is 9.47 Å². The van der Waals surface area contributed by atoms with E-state index in [0.29, 0.717) is 37.2 Å². The van der Waals surface area contributed by atoms with Crippen LogP contribution in [0.3, 0.4) is 0 Å². The number of hydrogen-bond acceptors (Lipinski definition) is 4. The number of benzene rings is 1. The molecule has 0 bridgehead atoms. The van der Waals surface area contributed by atoms with Gasteiger partial charge < -0.3 is 19.1 Å². The maximum Gasteiger partial charge on any atom is 0.225 e. The van der Waals surface area contributed by atoms with Crippen molar-refractivity contribution in [2.45, 2.75) is 53.4 Å². The molecule has 1 amide bonds. The van der Waals surface area contributed by atoms with Gasteiger partial charge in [0.2, 0.25) is 5.91 Å². The summed E-state index contributed by atoms with van der Waals surface area (Å²) in [6.07, 6.45) is 7.49. The summed E-state index contributed by atoms with van der Waals surface area (Å²) in [5.41, 5.74) is 1.07. The second-order valence-electron chi connectivity index (χ2n) is 9.31. The number of rotatable bonds is 15. The van der Waals surface area contributed by atoms with Crippen LogP contribution in [0.5, 0.6) is 11.5 Å². The summed E-state index contributed by atoms with van der Waals surface area (Å²) >= 11 is 0. The third-order valence-electron chi connectivity index (χ3n) is 5.87. The highest BCUT2D eigenvalue weighted by Crippen LogP contribution is 2.31. The first-order chi connectivity index (χ1) is 16.4. The van der Waals surface area contributed by atoms with E-state index in [1.807, 2.05) is 12.1 Å². The predicted molar refractivity (Wildman–Crippen MR) is 132 cm³/mol. The molecule has 2 atom stereocenters. The summed E-state index contributed by atoms with van der Waals surface area (Å²) in [5, 5.41) is 0. The number of amides is 1. The number of hydrogen-bond donors (Lipinski definition) is 0. The van der Waals surface area contributed by atoms with Gasteiger partial charge in [-0.1, -0.05) is 45.9 Å². The number of carbonyl (C=O) groups excluding carboxylic acids is 1. The molecule has 32 heavy (non-hydrogen) atoms. The largest absolute Gasteiger partial charge is 0.493 e. The Hall–Kier alpha value is -2.01. The van der Waals surface area contributed by atoms with Gasteiger partial charge in [0.1, 0.15) is 0 Å². The number of ether oxygens (including phenoxy) is 3. The van der Waals surface area contributed by atoms with Gasteiger partial charge in [0.25, 0.3) is 0 Å². The summed E-state index contributed by atoms with van der Waals surface area (Å²) in [6.45, 7) is 9.57. The van der Waals surface area contributed by atoms with E-state index in [9.17, 15) is 4.79 Å². The van der Waals surface area contributed by atoms with Gasteiger partial charge in [-0.25, -0.2) is 0 Å². The van der Waals surface area contributed by atoms with E-state index in [2.05, 4.69) is 39.8 Å². The molecule has 0 aromatic heterocycles. The van der Waals surface area contributed by atoms with Gasteiger partial charge in [0.15, 0.2) is 11.5 Å². The lowest BCUT2D eigenvalue weighted by Crippen LogP contribution is -2.32. The minimum atomic E-state index is -2.54. The van der Waals surface area contributed by atoms with Crippen LogP contribution in [0.25, 0.3) is 0 Å². The van der Waals surface area contributed by atoms with Crippen molar-refractivity contribution in [1.29, 1.82) is 0 Å². The quantitative estimate of drug-likeness (QED) is 0.257. The molecule has 0 fully saturated rings. The minimum Gasteiger partial charge on any atom is -0.493 e. The normalized spacial score (nSPS) is 15.3. The molecule has 1 aromatic carbocycles. The SMILES string of the molecule is [2H]C([2H])([2H])Oc1ccc(CC(CC=CC[C@H](C(=O)N(C)C)C(C)C)C(C)C)cc1OCCCOC. The Morgan fingerprint density at radius 3 is 2.38 bits per heavy atom. The summed E-state index contributed by atoms with van der Waals surface area (Å²) in [7, 11) is 2.70. The molecular weight excluding hydrogens is 402 g/mol. The Labute approximate surface area is 200 Å². The third kappa shape index (κ3) is 9.64. The first kappa shape index (κ1) is 23.2. The van der Waals surface area contributed by atoms with E-state index in [0.717, 1.165) is 24.8 Å². The zero-order chi connectivity index (χ0) is 26.6. The summed E-state index contributed by atoms with van der Waals surface area (Å²) in [5.74, 6) is 1.95. The van der Waals surface area contributed by atoms with E-state index in [1.54, 1.807) is 32.2 Å². The molecule has 182 valence electrons. The topological polar surface area (TPSA) is 48.0 Å². The van der Waals surface area contributed by atoms with Crippen LogP contribution in [0.2, 0.25) is 0 Å². The number of methoxy groups -OCH3 is 2. The van der Waals surface area contributed by atoms with Crippen LogP contribution in [-0.4, -0.2) is 52.3 Å². The lowest BCUT2D eigenvalue weighted by molar-refractivity contribution is -0.134. The van der Waals surface area contributed by atoms with Crippen molar-refractivity contribution >= 4 is 5.91 Å². The second kappa shape index (κ2) is 14.9. The zero-order valence-electron chi connectivity index (χ0n) is 24.0.